The highest BCUT2D eigenvalue weighted by Gasteiger charge is 2.26. The van der Waals surface area contributed by atoms with Gasteiger partial charge in [-0.2, -0.15) is 0 Å². The van der Waals surface area contributed by atoms with Crippen molar-refractivity contribution in [2.24, 2.45) is 0 Å². The van der Waals surface area contributed by atoms with Gasteiger partial charge in [0.1, 0.15) is 4.83 Å². The Balaban J connectivity index is 1.45. The molecular weight excluding hydrogens is 408 g/mol. The molecule has 0 bridgehead atoms. The Hall–Kier alpha value is -2.17. The molecule has 1 saturated heterocycles. The first kappa shape index (κ1) is 18.8. The number of hydrogen-bond acceptors (Lipinski definition) is 8. The zero-order chi connectivity index (χ0) is 19.8. The van der Waals surface area contributed by atoms with Gasteiger partial charge in [0, 0.05) is 24.2 Å². The van der Waals surface area contributed by atoms with Crippen LogP contribution in [0.4, 0.5) is 5.69 Å². The molecule has 10 heteroatoms. The molecule has 1 aliphatic heterocycles. The number of aromatic nitrogens is 4. The molecule has 2 aliphatic rings. The van der Waals surface area contributed by atoms with Crippen LogP contribution in [0.25, 0.3) is 20.9 Å². The molecule has 1 unspecified atom stereocenters. The van der Waals surface area contributed by atoms with Crippen LogP contribution in [0.3, 0.4) is 0 Å². The van der Waals surface area contributed by atoms with Crippen LogP contribution < -0.4 is 11.1 Å². The number of nitrogen functional groups attached to an aromatic ring is 1. The SMILES string of the molecule is Nc1c(-c2nnc(SCC(=O)NC3CC3)n2CC2CCCO2)sc2ncccc12. The third-order valence-corrected chi connectivity index (χ3v) is 7.20. The summed E-state index contributed by atoms with van der Waals surface area (Å²) >= 11 is 2.92. The van der Waals surface area contributed by atoms with Gasteiger partial charge >= 0.3 is 0 Å². The molecule has 3 aromatic heterocycles. The van der Waals surface area contributed by atoms with Crippen LogP contribution in [0.2, 0.25) is 0 Å². The fraction of sp³-hybridized carbons (Fsp3) is 0.474. The third kappa shape index (κ3) is 3.96. The average Bonchev–Trinajstić information content (AvgIpc) is 3.12. The lowest BCUT2D eigenvalue weighted by Crippen LogP contribution is -2.27. The van der Waals surface area contributed by atoms with Crippen LogP contribution in [0.5, 0.6) is 0 Å². The monoisotopic (exact) mass is 430 g/mol. The van der Waals surface area contributed by atoms with Crippen LogP contribution >= 0.6 is 23.1 Å². The van der Waals surface area contributed by atoms with E-state index in [9.17, 15) is 4.79 Å². The maximum absolute atomic E-state index is 12.1. The fourth-order valence-corrected chi connectivity index (χ4v) is 5.28. The molecule has 0 radical (unpaired) electrons. The lowest BCUT2D eigenvalue weighted by atomic mass is 10.2. The minimum atomic E-state index is 0.0382. The van der Waals surface area contributed by atoms with E-state index in [1.165, 1.54) is 23.1 Å². The van der Waals surface area contributed by atoms with Crippen LogP contribution in [-0.2, 0) is 16.1 Å². The second kappa shape index (κ2) is 7.92. The number of anilines is 1. The van der Waals surface area contributed by atoms with E-state index in [4.69, 9.17) is 10.5 Å². The van der Waals surface area contributed by atoms with Gasteiger partial charge in [-0.05, 0) is 37.8 Å². The largest absolute Gasteiger partial charge is 0.397 e. The van der Waals surface area contributed by atoms with Gasteiger partial charge in [0.05, 0.1) is 29.0 Å². The normalized spacial score (nSPS) is 19.1. The molecule has 1 amide bonds. The molecule has 3 aromatic rings. The number of carbonyl (C=O) groups is 1. The maximum Gasteiger partial charge on any atom is 0.230 e. The topological polar surface area (TPSA) is 108 Å². The number of thiophene rings is 1. The van der Waals surface area contributed by atoms with Gasteiger partial charge in [-0.25, -0.2) is 4.98 Å². The molecule has 1 atom stereocenters. The average molecular weight is 431 g/mol. The van der Waals surface area contributed by atoms with Gasteiger partial charge in [-0.1, -0.05) is 11.8 Å². The van der Waals surface area contributed by atoms with Crippen molar-refractivity contribution in [1.82, 2.24) is 25.1 Å². The summed E-state index contributed by atoms with van der Waals surface area (Å²) in [7, 11) is 0. The molecule has 2 fully saturated rings. The van der Waals surface area contributed by atoms with Gasteiger partial charge < -0.3 is 15.8 Å². The first-order valence-electron chi connectivity index (χ1n) is 9.79. The minimum Gasteiger partial charge on any atom is -0.397 e. The number of pyridine rings is 1. The Morgan fingerprint density at radius 1 is 1.38 bits per heavy atom. The van der Waals surface area contributed by atoms with Crippen molar-refractivity contribution >= 4 is 44.9 Å². The standard InChI is InChI=1S/C19H22N6O2S2/c20-15-13-4-1-7-21-18(13)29-16(15)17-23-24-19(25(17)9-12-3-2-8-27-12)28-10-14(26)22-11-5-6-11/h1,4,7,11-12H,2-3,5-6,8-10,20H2,(H,22,26). The minimum absolute atomic E-state index is 0.0382. The summed E-state index contributed by atoms with van der Waals surface area (Å²) in [5, 5.41) is 13.5. The number of fused-ring (bicyclic) bond motifs is 1. The molecule has 3 N–H and O–H groups in total. The van der Waals surface area contributed by atoms with Gasteiger partial charge in [0.2, 0.25) is 5.91 Å². The van der Waals surface area contributed by atoms with Crippen LogP contribution in [0.15, 0.2) is 23.5 Å². The van der Waals surface area contributed by atoms with E-state index in [1.54, 1.807) is 6.20 Å². The summed E-state index contributed by atoms with van der Waals surface area (Å²) in [6.07, 6.45) is 6.11. The number of carbonyl (C=O) groups excluding carboxylic acids is 1. The Labute approximate surface area is 176 Å². The molecule has 1 aliphatic carbocycles. The Morgan fingerprint density at radius 3 is 3.03 bits per heavy atom. The van der Waals surface area contributed by atoms with E-state index < -0.39 is 0 Å². The molecule has 8 nitrogen and oxygen atoms in total. The molecule has 0 spiro atoms. The highest BCUT2D eigenvalue weighted by Crippen LogP contribution is 2.40. The summed E-state index contributed by atoms with van der Waals surface area (Å²) in [6, 6.07) is 4.21. The third-order valence-electron chi connectivity index (χ3n) is 5.11. The number of rotatable bonds is 7. The van der Waals surface area contributed by atoms with E-state index in [-0.39, 0.29) is 12.0 Å². The highest BCUT2D eigenvalue weighted by atomic mass is 32.2. The van der Waals surface area contributed by atoms with Gasteiger partial charge in [0.15, 0.2) is 11.0 Å². The number of nitrogens with zero attached hydrogens (tertiary/aromatic N) is 4. The number of nitrogens with two attached hydrogens (primary N) is 1. The van der Waals surface area contributed by atoms with Crippen molar-refractivity contribution in [2.45, 2.75) is 49.5 Å². The van der Waals surface area contributed by atoms with E-state index >= 15 is 0 Å². The van der Waals surface area contributed by atoms with Crippen molar-refractivity contribution < 1.29 is 9.53 Å². The second-order valence-corrected chi connectivity index (χ2v) is 9.32. The molecule has 0 aromatic carbocycles. The smallest absolute Gasteiger partial charge is 0.230 e. The zero-order valence-corrected chi connectivity index (χ0v) is 17.5. The number of nitrogens with one attached hydrogen (secondary N) is 1. The van der Waals surface area contributed by atoms with Crippen LogP contribution in [0, 0.1) is 0 Å². The predicted molar refractivity (Wildman–Crippen MR) is 114 cm³/mol. The van der Waals surface area contributed by atoms with Crippen molar-refractivity contribution in [1.29, 1.82) is 0 Å². The van der Waals surface area contributed by atoms with E-state index in [1.807, 2.05) is 16.7 Å². The van der Waals surface area contributed by atoms with Gasteiger partial charge in [-0.15, -0.1) is 21.5 Å². The first-order chi connectivity index (χ1) is 14.2. The molecule has 152 valence electrons. The molecule has 4 heterocycles. The molecule has 29 heavy (non-hydrogen) atoms. The van der Waals surface area contributed by atoms with Crippen molar-refractivity contribution in [3.63, 3.8) is 0 Å². The predicted octanol–water partition coefficient (Wildman–Crippen LogP) is 2.69. The van der Waals surface area contributed by atoms with Crippen molar-refractivity contribution in [3.8, 4) is 10.7 Å². The second-order valence-electron chi connectivity index (χ2n) is 7.38. The number of amides is 1. The number of hydrogen-bond donors (Lipinski definition) is 2. The quantitative estimate of drug-likeness (QED) is 0.555. The molecule has 1 saturated carbocycles. The lowest BCUT2D eigenvalue weighted by molar-refractivity contribution is -0.118. The fourth-order valence-electron chi connectivity index (χ4n) is 3.46. The van der Waals surface area contributed by atoms with Crippen LogP contribution in [0.1, 0.15) is 25.7 Å². The molecule has 5 rings (SSSR count). The van der Waals surface area contributed by atoms with Crippen molar-refractivity contribution in [2.75, 3.05) is 18.1 Å². The first-order valence-corrected chi connectivity index (χ1v) is 11.6. The highest BCUT2D eigenvalue weighted by molar-refractivity contribution is 7.99. The van der Waals surface area contributed by atoms with E-state index in [0.29, 0.717) is 35.0 Å². The Kier molecular flexibility index (Phi) is 5.15. The number of thioether (sulfide) groups is 1. The summed E-state index contributed by atoms with van der Waals surface area (Å²) in [5.74, 6) is 1.08. The lowest BCUT2D eigenvalue weighted by Gasteiger charge is -2.14. The zero-order valence-electron chi connectivity index (χ0n) is 15.8. The van der Waals surface area contributed by atoms with E-state index in [0.717, 1.165) is 47.4 Å². The number of ether oxygens (including phenoxy) is 1. The summed E-state index contributed by atoms with van der Waals surface area (Å²) in [4.78, 5) is 18.3. The maximum atomic E-state index is 12.1. The summed E-state index contributed by atoms with van der Waals surface area (Å²) in [5.41, 5.74) is 7.10. The summed E-state index contributed by atoms with van der Waals surface area (Å²) < 4.78 is 7.89. The Bertz CT molecular complexity index is 1040. The van der Waals surface area contributed by atoms with E-state index in [2.05, 4.69) is 20.5 Å². The van der Waals surface area contributed by atoms with Crippen LogP contribution in [-0.4, -0.2) is 50.2 Å². The molecular formula is C19H22N6O2S2. The van der Waals surface area contributed by atoms with Gasteiger partial charge in [0.25, 0.3) is 0 Å². The Morgan fingerprint density at radius 2 is 2.28 bits per heavy atom. The van der Waals surface area contributed by atoms with Crippen molar-refractivity contribution in [3.05, 3.63) is 18.3 Å². The summed E-state index contributed by atoms with van der Waals surface area (Å²) in [6.45, 7) is 1.43. The van der Waals surface area contributed by atoms with Gasteiger partial charge in [-0.3, -0.25) is 9.36 Å².